The number of nitrogens with zero attached hydrogens (tertiary/aromatic N) is 4. The maximum absolute atomic E-state index is 12.6. The quantitative estimate of drug-likeness (QED) is 0.548. The summed E-state index contributed by atoms with van der Waals surface area (Å²) in [7, 11) is -2.22. The van der Waals surface area contributed by atoms with E-state index >= 15 is 0 Å². The van der Waals surface area contributed by atoms with Crippen molar-refractivity contribution in [1.82, 2.24) is 19.9 Å². The molecule has 2 atom stereocenters. The number of hydrogen-bond donors (Lipinski definition) is 1. The summed E-state index contributed by atoms with van der Waals surface area (Å²) in [5, 5.41) is 15.5. The summed E-state index contributed by atoms with van der Waals surface area (Å²) in [4.78, 5) is 24.5. The SMILES string of the molecule is Cn1cc(/C=C2\C(=O)N3[C@@H](C(=O)O)C(C)(C)S(=O)(=O)[C@H]23)nn1. The van der Waals surface area contributed by atoms with Gasteiger partial charge in [0.05, 0.1) is 11.8 Å². The fourth-order valence-electron chi connectivity index (χ4n) is 2.93. The molecule has 3 rings (SSSR count). The summed E-state index contributed by atoms with van der Waals surface area (Å²) < 4.78 is 25.1. The molecule has 0 bridgehead atoms. The molecule has 0 radical (unpaired) electrons. The number of sulfone groups is 1. The second-order valence-electron chi connectivity index (χ2n) is 5.87. The minimum absolute atomic E-state index is 0.0253. The van der Waals surface area contributed by atoms with Crippen LogP contribution in [0.25, 0.3) is 6.08 Å². The highest BCUT2D eigenvalue weighted by atomic mass is 32.2. The zero-order valence-electron chi connectivity index (χ0n) is 12.1. The Kier molecular flexibility index (Phi) is 2.78. The van der Waals surface area contributed by atoms with E-state index in [1.54, 1.807) is 7.05 Å². The first-order chi connectivity index (χ1) is 10.1. The summed E-state index contributed by atoms with van der Waals surface area (Å²) >= 11 is 0. The van der Waals surface area contributed by atoms with Crippen molar-refractivity contribution in [2.75, 3.05) is 0 Å². The van der Waals surface area contributed by atoms with Crippen molar-refractivity contribution in [2.24, 2.45) is 7.05 Å². The standard InChI is InChI=1S/C12H14N4O5S/c1-12(2)8(11(18)19)16-9(17)7(10(16)22(12,20)21)4-6-5-15(3)14-13-6/h4-5,8,10H,1-3H3,(H,18,19)/b7-4+/t8-,10+/m0/s1. The Balaban J connectivity index is 2.10. The number of carbonyl (C=O) groups excluding carboxylic acids is 1. The van der Waals surface area contributed by atoms with Crippen molar-refractivity contribution in [1.29, 1.82) is 0 Å². The number of carboxylic acid groups (broad SMARTS) is 1. The van der Waals surface area contributed by atoms with Gasteiger partial charge in [0.1, 0.15) is 10.4 Å². The summed E-state index contributed by atoms with van der Waals surface area (Å²) in [5.41, 5.74) is 0.370. The largest absolute Gasteiger partial charge is 0.480 e. The van der Waals surface area contributed by atoms with Gasteiger partial charge in [-0.25, -0.2) is 13.2 Å². The minimum Gasteiger partial charge on any atom is -0.480 e. The number of fused-ring (bicyclic) bond motifs is 1. The third-order valence-corrected chi connectivity index (χ3v) is 6.88. The summed E-state index contributed by atoms with van der Waals surface area (Å²) in [5.74, 6) is -1.93. The van der Waals surface area contributed by atoms with Crippen molar-refractivity contribution >= 4 is 27.8 Å². The van der Waals surface area contributed by atoms with Crippen molar-refractivity contribution < 1.29 is 23.1 Å². The van der Waals surface area contributed by atoms with Gasteiger partial charge in [-0.1, -0.05) is 5.21 Å². The Bertz CT molecular complexity index is 822. The van der Waals surface area contributed by atoms with E-state index in [0.29, 0.717) is 5.69 Å². The van der Waals surface area contributed by atoms with Crippen LogP contribution >= 0.6 is 0 Å². The van der Waals surface area contributed by atoms with Crippen molar-refractivity contribution in [3.63, 3.8) is 0 Å². The van der Waals surface area contributed by atoms with Crippen LogP contribution in [0.2, 0.25) is 0 Å². The summed E-state index contributed by atoms with van der Waals surface area (Å²) in [6.45, 7) is 2.65. The molecule has 1 aromatic heterocycles. The molecule has 0 aromatic carbocycles. The number of aliphatic carboxylic acids is 1. The van der Waals surface area contributed by atoms with Gasteiger partial charge in [0.25, 0.3) is 5.91 Å². The van der Waals surface area contributed by atoms with E-state index in [4.69, 9.17) is 0 Å². The van der Waals surface area contributed by atoms with Crippen LogP contribution in [0.15, 0.2) is 11.8 Å². The maximum Gasteiger partial charge on any atom is 0.328 e. The van der Waals surface area contributed by atoms with E-state index in [0.717, 1.165) is 4.90 Å². The number of carboxylic acids is 1. The van der Waals surface area contributed by atoms with Gasteiger partial charge < -0.3 is 10.0 Å². The number of amides is 1. The molecular formula is C12H14N4O5S. The topological polar surface area (TPSA) is 122 Å². The lowest BCUT2D eigenvalue weighted by Gasteiger charge is -2.37. The molecule has 2 aliphatic heterocycles. The second kappa shape index (κ2) is 4.15. The number of aromatic nitrogens is 3. The van der Waals surface area contributed by atoms with Crippen LogP contribution in [0.5, 0.6) is 0 Å². The minimum atomic E-state index is -3.85. The van der Waals surface area contributed by atoms with Gasteiger partial charge in [-0.3, -0.25) is 9.48 Å². The monoisotopic (exact) mass is 326 g/mol. The number of carbonyl (C=O) groups is 2. The molecule has 2 aliphatic rings. The molecule has 1 aromatic rings. The van der Waals surface area contributed by atoms with Crippen molar-refractivity contribution in [2.45, 2.75) is 30.0 Å². The number of aryl methyl sites for hydroxylation is 1. The molecule has 2 saturated heterocycles. The normalized spacial score (nSPS) is 30.2. The van der Waals surface area contributed by atoms with Gasteiger partial charge in [0, 0.05) is 7.05 Å². The average Bonchev–Trinajstić information content (AvgIpc) is 2.85. The van der Waals surface area contributed by atoms with Gasteiger partial charge in [0.2, 0.25) is 0 Å². The van der Waals surface area contributed by atoms with E-state index in [9.17, 15) is 23.1 Å². The van der Waals surface area contributed by atoms with Crippen LogP contribution in [-0.2, 0) is 26.5 Å². The van der Waals surface area contributed by atoms with E-state index in [-0.39, 0.29) is 5.57 Å². The first kappa shape index (κ1) is 14.7. The molecule has 2 fully saturated rings. The third-order valence-electron chi connectivity index (χ3n) is 4.12. The molecular weight excluding hydrogens is 312 g/mol. The lowest BCUT2D eigenvalue weighted by atomic mass is 9.95. The molecule has 22 heavy (non-hydrogen) atoms. The third kappa shape index (κ3) is 1.61. The van der Waals surface area contributed by atoms with E-state index in [1.165, 1.54) is 30.8 Å². The van der Waals surface area contributed by atoms with Crippen LogP contribution in [0, 0.1) is 0 Å². The number of rotatable bonds is 2. The molecule has 10 heteroatoms. The number of β-lactam (4-membered cyclic amide) rings is 1. The lowest BCUT2D eigenvalue weighted by Crippen LogP contribution is -2.58. The molecule has 1 amide bonds. The molecule has 0 unspecified atom stereocenters. The van der Waals surface area contributed by atoms with Gasteiger partial charge in [-0.15, -0.1) is 5.10 Å². The fraction of sp³-hybridized carbons (Fsp3) is 0.500. The molecule has 0 aliphatic carbocycles. The first-order valence-electron chi connectivity index (χ1n) is 6.46. The predicted molar refractivity (Wildman–Crippen MR) is 74.0 cm³/mol. The Hall–Kier alpha value is -2.23. The molecule has 1 N–H and O–H groups in total. The Morgan fingerprint density at radius 1 is 1.45 bits per heavy atom. The van der Waals surface area contributed by atoms with Crippen LogP contribution in [0.3, 0.4) is 0 Å². The maximum atomic E-state index is 12.6. The Morgan fingerprint density at radius 3 is 2.59 bits per heavy atom. The second-order valence-corrected chi connectivity index (χ2v) is 8.46. The zero-order chi connectivity index (χ0) is 16.4. The Labute approximate surface area is 126 Å². The molecule has 9 nitrogen and oxygen atoms in total. The van der Waals surface area contributed by atoms with Gasteiger partial charge in [-0.2, -0.15) is 0 Å². The highest BCUT2D eigenvalue weighted by molar-refractivity contribution is 7.94. The number of hydrogen-bond acceptors (Lipinski definition) is 6. The van der Waals surface area contributed by atoms with E-state index < -0.39 is 37.9 Å². The Morgan fingerprint density at radius 2 is 2.09 bits per heavy atom. The summed E-state index contributed by atoms with van der Waals surface area (Å²) in [6.07, 6.45) is 2.87. The van der Waals surface area contributed by atoms with Crippen molar-refractivity contribution in [3.8, 4) is 0 Å². The van der Waals surface area contributed by atoms with Crippen LogP contribution in [0.4, 0.5) is 0 Å². The molecule has 118 valence electrons. The smallest absolute Gasteiger partial charge is 0.328 e. The lowest BCUT2D eigenvalue weighted by molar-refractivity contribution is -0.152. The first-order valence-corrected chi connectivity index (χ1v) is 8.00. The van der Waals surface area contributed by atoms with Crippen LogP contribution < -0.4 is 0 Å². The molecule has 0 saturated carbocycles. The van der Waals surface area contributed by atoms with Gasteiger partial charge in [-0.05, 0) is 19.9 Å². The highest BCUT2D eigenvalue weighted by Gasteiger charge is 2.70. The average molecular weight is 326 g/mol. The zero-order valence-corrected chi connectivity index (χ0v) is 12.9. The molecule has 0 spiro atoms. The van der Waals surface area contributed by atoms with Crippen LogP contribution in [-0.4, -0.2) is 61.5 Å². The van der Waals surface area contributed by atoms with E-state index in [2.05, 4.69) is 10.3 Å². The van der Waals surface area contributed by atoms with Gasteiger partial charge >= 0.3 is 5.97 Å². The van der Waals surface area contributed by atoms with Gasteiger partial charge in [0.15, 0.2) is 21.3 Å². The van der Waals surface area contributed by atoms with Crippen molar-refractivity contribution in [3.05, 3.63) is 17.5 Å². The summed E-state index contributed by atoms with van der Waals surface area (Å²) in [6, 6.07) is -1.39. The highest BCUT2D eigenvalue weighted by Crippen LogP contribution is 2.48. The predicted octanol–water partition coefficient (Wildman–Crippen LogP) is -0.973. The van der Waals surface area contributed by atoms with Crippen LogP contribution in [0.1, 0.15) is 19.5 Å². The fourth-order valence-corrected chi connectivity index (χ4v) is 5.05. The molecule has 3 heterocycles. The van der Waals surface area contributed by atoms with E-state index in [1.807, 2.05) is 0 Å².